The second-order valence-electron chi connectivity index (χ2n) is 5.50. The molecule has 2 bridgehead atoms. The van der Waals surface area contributed by atoms with Crippen molar-refractivity contribution in [2.24, 2.45) is 5.92 Å². The molecule has 1 aromatic rings. The fraction of sp³-hybridized carbons (Fsp3) is 0.643. The highest BCUT2D eigenvalue weighted by molar-refractivity contribution is 7.86. The van der Waals surface area contributed by atoms with E-state index in [-0.39, 0.29) is 22.2 Å². The van der Waals surface area contributed by atoms with Crippen LogP contribution in [-0.4, -0.2) is 37.8 Å². The number of hydrogen-bond acceptors (Lipinski definition) is 5. The Bertz CT molecular complexity index is 516. The van der Waals surface area contributed by atoms with Crippen molar-refractivity contribution in [1.82, 2.24) is 10.2 Å². The minimum Gasteiger partial charge on any atom is -0.480 e. The summed E-state index contributed by atoms with van der Waals surface area (Å²) >= 11 is 0. The van der Waals surface area contributed by atoms with Gasteiger partial charge in [0.1, 0.15) is 5.69 Å². The van der Waals surface area contributed by atoms with Gasteiger partial charge in [-0.15, -0.1) is 10.2 Å². The van der Waals surface area contributed by atoms with Gasteiger partial charge in [-0.2, -0.15) is 0 Å². The van der Waals surface area contributed by atoms with Crippen LogP contribution in [0.25, 0.3) is 0 Å². The molecule has 3 rings (SSSR count). The molecule has 3 heterocycles. The number of rotatable bonds is 3. The van der Waals surface area contributed by atoms with E-state index >= 15 is 0 Å². The molecule has 2 aliphatic rings. The van der Waals surface area contributed by atoms with Gasteiger partial charge in [0.05, 0.1) is 7.11 Å². The van der Waals surface area contributed by atoms with Crippen LogP contribution in [0.5, 0.6) is 5.88 Å². The fourth-order valence-electron chi connectivity index (χ4n) is 3.22. The smallest absolute Gasteiger partial charge is 0.233 e. The second-order valence-corrected chi connectivity index (χ2v) is 7.49. The topological polar surface area (TPSA) is 69.2 Å². The molecule has 0 saturated carbocycles. The molecule has 2 saturated heterocycles. The van der Waals surface area contributed by atoms with Gasteiger partial charge in [-0.1, -0.05) is 6.42 Å². The van der Waals surface area contributed by atoms with Crippen molar-refractivity contribution in [1.29, 1.82) is 0 Å². The summed E-state index contributed by atoms with van der Waals surface area (Å²) in [6.07, 6.45) is 4.58. The first-order chi connectivity index (χ1) is 9.69. The van der Waals surface area contributed by atoms with Crippen LogP contribution in [0.3, 0.4) is 0 Å². The fourth-order valence-corrected chi connectivity index (χ4v) is 5.40. The molecule has 20 heavy (non-hydrogen) atoms. The molecule has 2 atom stereocenters. The van der Waals surface area contributed by atoms with Gasteiger partial charge in [0, 0.05) is 33.3 Å². The summed E-state index contributed by atoms with van der Waals surface area (Å²) in [7, 11) is 0.774. The summed E-state index contributed by atoms with van der Waals surface area (Å²) in [4.78, 5) is 12.5. The van der Waals surface area contributed by atoms with E-state index in [4.69, 9.17) is 4.74 Å². The van der Waals surface area contributed by atoms with Crippen LogP contribution in [0.15, 0.2) is 12.1 Å². The highest BCUT2D eigenvalue weighted by Crippen LogP contribution is 2.38. The summed E-state index contributed by atoms with van der Waals surface area (Å²) in [5.41, 5.74) is 0.390. The van der Waals surface area contributed by atoms with Crippen molar-refractivity contribution in [2.75, 3.05) is 7.11 Å². The monoisotopic (exact) mass is 294 g/mol. The number of aromatic nitrogens is 2. The number of ether oxygens (including phenoxy) is 1. The van der Waals surface area contributed by atoms with Crippen LogP contribution in [0.1, 0.15) is 42.6 Å². The molecule has 0 radical (unpaired) electrons. The molecular weight excluding hydrogens is 276 g/mol. The van der Waals surface area contributed by atoms with Crippen LogP contribution in [0.4, 0.5) is 0 Å². The highest BCUT2D eigenvalue weighted by atomic mass is 32.2. The number of methoxy groups -OCH3 is 1. The number of hydrogen-bond donors (Lipinski definition) is 0. The van der Waals surface area contributed by atoms with Gasteiger partial charge in [-0.3, -0.25) is 9.00 Å². The van der Waals surface area contributed by atoms with Crippen molar-refractivity contribution >= 4 is 16.6 Å². The number of fused-ring (bicyclic) bond motifs is 2. The third-order valence-electron chi connectivity index (χ3n) is 4.28. The molecule has 2 aliphatic heterocycles. The summed E-state index contributed by atoms with van der Waals surface area (Å²) in [5.74, 6) is 0.391. The average molecular weight is 294 g/mol. The van der Waals surface area contributed by atoms with Crippen LogP contribution >= 0.6 is 0 Å². The highest BCUT2D eigenvalue weighted by Gasteiger charge is 2.40. The normalized spacial score (nSPS) is 32.6. The lowest BCUT2D eigenvalue weighted by atomic mass is 9.85. The maximum absolute atomic E-state index is 12.5. The minimum atomic E-state index is -0.743. The largest absolute Gasteiger partial charge is 0.480 e. The maximum Gasteiger partial charge on any atom is 0.233 e. The van der Waals surface area contributed by atoms with E-state index in [2.05, 4.69) is 10.2 Å². The Morgan fingerprint density at radius 3 is 2.50 bits per heavy atom. The van der Waals surface area contributed by atoms with E-state index in [0.29, 0.717) is 11.6 Å². The van der Waals surface area contributed by atoms with E-state index in [1.54, 1.807) is 12.1 Å². The third-order valence-corrected chi connectivity index (χ3v) is 6.45. The molecule has 5 nitrogen and oxygen atoms in total. The first-order valence-electron chi connectivity index (χ1n) is 7.00. The van der Waals surface area contributed by atoms with E-state index in [1.165, 1.54) is 7.11 Å². The SMILES string of the molecule is COc1ccc(C(=O)C2CC3CCCC(C2)S3=O)nn1. The molecule has 2 unspecified atom stereocenters. The zero-order valence-corrected chi connectivity index (χ0v) is 12.3. The summed E-state index contributed by atoms with van der Waals surface area (Å²) in [6.45, 7) is 0. The molecule has 0 amide bonds. The number of Topliss-reactive ketones (excluding diaryl/α,β-unsaturated/α-hetero) is 1. The molecule has 0 spiro atoms. The lowest BCUT2D eigenvalue weighted by Crippen LogP contribution is -2.41. The first kappa shape index (κ1) is 13.7. The number of carbonyl (C=O) groups is 1. The molecular formula is C14H18N2O3S. The Morgan fingerprint density at radius 2 is 1.95 bits per heavy atom. The predicted octanol–water partition coefficient (Wildman–Crippen LogP) is 1.75. The zero-order valence-electron chi connectivity index (χ0n) is 11.4. The quantitative estimate of drug-likeness (QED) is 0.794. The van der Waals surface area contributed by atoms with Crippen molar-refractivity contribution in [3.8, 4) is 5.88 Å². The van der Waals surface area contributed by atoms with E-state index in [9.17, 15) is 9.00 Å². The van der Waals surface area contributed by atoms with Crippen molar-refractivity contribution in [3.63, 3.8) is 0 Å². The summed E-state index contributed by atoms with van der Waals surface area (Å²) in [6, 6.07) is 3.32. The molecule has 6 heteroatoms. The van der Waals surface area contributed by atoms with Crippen LogP contribution in [0.2, 0.25) is 0 Å². The Hall–Kier alpha value is -1.30. The molecule has 0 N–H and O–H groups in total. The average Bonchev–Trinajstić information content (AvgIpc) is 2.46. The Kier molecular flexibility index (Phi) is 3.83. The second kappa shape index (κ2) is 5.60. The summed E-state index contributed by atoms with van der Waals surface area (Å²) < 4.78 is 17.1. The van der Waals surface area contributed by atoms with Gasteiger partial charge in [0.2, 0.25) is 5.88 Å². The Labute approximate surface area is 120 Å². The van der Waals surface area contributed by atoms with Crippen LogP contribution in [-0.2, 0) is 10.8 Å². The minimum absolute atomic E-state index is 0.0359. The van der Waals surface area contributed by atoms with Crippen LogP contribution < -0.4 is 4.74 Å². The predicted molar refractivity (Wildman–Crippen MR) is 75.2 cm³/mol. The molecule has 0 aliphatic carbocycles. The molecule has 2 fully saturated rings. The van der Waals surface area contributed by atoms with Crippen molar-refractivity contribution < 1.29 is 13.7 Å². The van der Waals surface area contributed by atoms with Gasteiger partial charge in [0.15, 0.2) is 5.78 Å². The zero-order chi connectivity index (χ0) is 14.1. The van der Waals surface area contributed by atoms with Gasteiger partial charge >= 0.3 is 0 Å². The Balaban J connectivity index is 1.75. The van der Waals surface area contributed by atoms with Gasteiger partial charge < -0.3 is 4.74 Å². The standard InChI is InChI=1S/C14H18N2O3S/c1-19-13-6-5-12(15-16-13)14(17)9-7-10-3-2-4-11(8-9)20(10)18/h5-6,9-11H,2-4,7-8H2,1H3. The maximum atomic E-state index is 12.5. The van der Waals surface area contributed by atoms with E-state index < -0.39 is 10.8 Å². The van der Waals surface area contributed by atoms with E-state index in [0.717, 1.165) is 32.1 Å². The lowest BCUT2D eigenvalue weighted by Gasteiger charge is -2.37. The molecule has 0 aromatic carbocycles. The van der Waals surface area contributed by atoms with Gasteiger partial charge in [-0.25, -0.2) is 0 Å². The lowest BCUT2D eigenvalue weighted by molar-refractivity contribution is 0.0889. The van der Waals surface area contributed by atoms with Crippen molar-refractivity contribution in [3.05, 3.63) is 17.8 Å². The number of nitrogens with zero attached hydrogens (tertiary/aromatic N) is 2. The van der Waals surface area contributed by atoms with Crippen molar-refractivity contribution in [2.45, 2.75) is 42.6 Å². The first-order valence-corrected chi connectivity index (χ1v) is 8.28. The van der Waals surface area contributed by atoms with Gasteiger partial charge in [0.25, 0.3) is 0 Å². The molecule has 108 valence electrons. The van der Waals surface area contributed by atoms with Gasteiger partial charge in [-0.05, 0) is 31.7 Å². The number of carbonyl (C=O) groups excluding carboxylic acids is 1. The number of ketones is 1. The summed E-state index contributed by atoms with van der Waals surface area (Å²) in [5, 5.41) is 8.18. The Morgan fingerprint density at radius 1 is 1.25 bits per heavy atom. The molecule has 1 aromatic heterocycles. The van der Waals surface area contributed by atoms with Crippen LogP contribution in [0, 0.1) is 5.92 Å². The van der Waals surface area contributed by atoms with E-state index in [1.807, 2.05) is 0 Å². The third kappa shape index (κ3) is 2.49.